The number of aromatic carboxylic acids is 1. The largest absolute Gasteiger partial charge is 0.477 e. The molecule has 2 aliphatic rings. The summed E-state index contributed by atoms with van der Waals surface area (Å²) in [6, 6.07) is 4.49. The number of rotatable bonds is 11. The zero-order valence-corrected chi connectivity index (χ0v) is 26.8. The first-order chi connectivity index (χ1) is 22.8. The number of hydrogen-bond acceptors (Lipinski definition) is 9. The molecule has 256 valence electrons. The van der Waals surface area contributed by atoms with Gasteiger partial charge in [0.1, 0.15) is 28.6 Å². The van der Waals surface area contributed by atoms with E-state index >= 15 is 8.78 Å². The van der Waals surface area contributed by atoms with Gasteiger partial charge in [0.05, 0.1) is 11.1 Å². The number of amides is 3. The number of carboxylic acid groups (broad SMARTS) is 1. The van der Waals surface area contributed by atoms with E-state index < -0.39 is 40.5 Å². The number of anilines is 3. The Bertz CT molecular complexity index is 1820. The number of halogens is 2. The van der Waals surface area contributed by atoms with Crippen molar-refractivity contribution >= 4 is 51.7 Å². The molecular weight excluding hydrogens is 632 g/mol. The van der Waals surface area contributed by atoms with Crippen LogP contribution in [0.2, 0.25) is 0 Å². The van der Waals surface area contributed by atoms with Crippen molar-refractivity contribution in [3.63, 3.8) is 0 Å². The van der Waals surface area contributed by atoms with Crippen LogP contribution in [-0.2, 0) is 14.4 Å². The molecule has 3 heterocycles. The Morgan fingerprint density at radius 1 is 0.979 bits per heavy atom. The van der Waals surface area contributed by atoms with Gasteiger partial charge in [-0.25, -0.2) is 13.6 Å². The molecule has 1 fully saturated rings. The molecule has 1 aromatic heterocycles. The topological polar surface area (TPSA) is 166 Å². The first-order valence-corrected chi connectivity index (χ1v) is 15.5. The maximum Gasteiger partial charge on any atom is 0.341 e. The number of ether oxygens (including phenoxy) is 1. The smallest absolute Gasteiger partial charge is 0.341 e. The van der Waals surface area contributed by atoms with Crippen LogP contribution >= 0.6 is 0 Å². The van der Waals surface area contributed by atoms with Gasteiger partial charge in [0.15, 0.2) is 18.3 Å². The van der Waals surface area contributed by atoms with Crippen LogP contribution in [0.15, 0.2) is 35.3 Å². The average molecular weight is 670 g/mol. The molecule has 3 aromatic rings. The molecule has 14 nitrogen and oxygen atoms in total. The van der Waals surface area contributed by atoms with E-state index in [1.165, 1.54) is 30.8 Å². The van der Waals surface area contributed by atoms with E-state index in [1.54, 1.807) is 34.0 Å². The zero-order valence-electron chi connectivity index (χ0n) is 26.8. The number of piperazine rings is 1. The first kappa shape index (κ1) is 33.9. The van der Waals surface area contributed by atoms with Gasteiger partial charge in [-0.05, 0) is 43.5 Å². The van der Waals surface area contributed by atoms with Gasteiger partial charge in [0, 0.05) is 65.5 Å². The summed E-state index contributed by atoms with van der Waals surface area (Å²) in [6.07, 6.45) is 2.72. The molecule has 2 aliphatic heterocycles. The molecule has 1 atom stereocenters. The lowest BCUT2D eigenvalue weighted by molar-refractivity contribution is -0.125. The normalized spacial score (nSPS) is 14.7. The number of aromatic nitrogens is 1. The molecule has 1 saturated heterocycles. The van der Waals surface area contributed by atoms with Crippen LogP contribution < -0.4 is 40.9 Å². The van der Waals surface area contributed by atoms with E-state index in [0.29, 0.717) is 38.9 Å². The van der Waals surface area contributed by atoms with Crippen molar-refractivity contribution in [2.45, 2.75) is 39.2 Å². The number of hydrogen-bond donors (Lipinski definition) is 4. The summed E-state index contributed by atoms with van der Waals surface area (Å²) in [6.45, 7) is 4.34. The van der Waals surface area contributed by atoms with Gasteiger partial charge in [-0.3, -0.25) is 28.9 Å². The molecule has 5 rings (SSSR count). The fraction of sp³-hybridized carbons (Fsp3) is 0.406. The number of pyridine rings is 1. The van der Waals surface area contributed by atoms with Crippen LogP contribution in [0.1, 0.15) is 43.5 Å². The van der Waals surface area contributed by atoms with Crippen molar-refractivity contribution in [3.8, 4) is 5.75 Å². The van der Waals surface area contributed by atoms with Crippen molar-refractivity contribution in [1.82, 2.24) is 15.3 Å². The summed E-state index contributed by atoms with van der Waals surface area (Å²) in [4.78, 5) is 63.8. The van der Waals surface area contributed by atoms with Crippen molar-refractivity contribution in [1.29, 1.82) is 0 Å². The van der Waals surface area contributed by atoms with Gasteiger partial charge in [-0.1, -0.05) is 0 Å². The summed E-state index contributed by atoms with van der Waals surface area (Å²) in [5, 5.41) is 18.9. The minimum absolute atomic E-state index is 0.0152. The summed E-state index contributed by atoms with van der Waals surface area (Å²) in [7, 11) is 1.64. The molecule has 0 unspecified atom stereocenters. The standard InChI is InChI=1S/C32H37F2N7O7/c1-18(42)35-9-5-4-6-25(36-19(2)43)31(45)37-20-7-8-26(23(33)14-20)39-10-12-40(13-11-39)28-24(34)15-21-27-30(28)48-17-38(3)41(27)16-22(29(21)44)32(46)47/h7-8,14-16,25H,4-6,9-13,17H2,1-3H3,(H,35,42)(H,36,43)(H,37,45)(H,46,47)/t25-/m0/s1. The maximum atomic E-state index is 15.6. The predicted molar refractivity (Wildman–Crippen MR) is 174 cm³/mol. The Hall–Kier alpha value is -5.41. The molecule has 0 radical (unpaired) electrons. The lowest BCUT2D eigenvalue weighted by Gasteiger charge is -2.39. The summed E-state index contributed by atoms with van der Waals surface area (Å²) in [5.74, 6) is -3.64. The van der Waals surface area contributed by atoms with E-state index in [4.69, 9.17) is 4.74 Å². The molecule has 0 saturated carbocycles. The minimum Gasteiger partial charge on any atom is -0.477 e. The first-order valence-electron chi connectivity index (χ1n) is 15.5. The van der Waals surface area contributed by atoms with Crippen molar-refractivity contribution in [2.24, 2.45) is 0 Å². The fourth-order valence-electron chi connectivity index (χ4n) is 5.96. The second-order valence-electron chi connectivity index (χ2n) is 11.7. The van der Waals surface area contributed by atoms with Crippen LogP contribution in [0.25, 0.3) is 10.9 Å². The van der Waals surface area contributed by atoms with Crippen LogP contribution in [0.4, 0.5) is 25.8 Å². The molecule has 3 amide bonds. The monoisotopic (exact) mass is 669 g/mol. The zero-order chi connectivity index (χ0) is 34.7. The highest BCUT2D eigenvalue weighted by Gasteiger charge is 2.31. The van der Waals surface area contributed by atoms with Crippen LogP contribution in [0, 0.1) is 11.6 Å². The Kier molecular flexibility index (Phi) is 10.0. The number of nitrogens with one attached hydrogen (secondary N) is 3. The van der Waals surface area contributed by atoms with Crippen LogP contribution in [-0.4, -0.2) is 86.0 Å². The van der Waals surface area contributed by atoms with E-state index in [9.17, 15) is 29.1 Å². The van der Waals surface area contributed by atoms with Gasteiger partial charge in [-0.15, -0.1) is 0 Å². The van der Waals surface area contributed by atoms with Crippen molar-refractivity contribution in [2.75, 3.05) is 66.6 Å². The Morgan fingerprint density at radius 2 is 1.69 bits per heavy atom. The van der Waals surface area contributed by atoms with E-state index in [2.05, 4.69) is 16.0 Å². The minimum atomic E-state index is -1.42. The number of nitrogens with zero attached hydrogens (tertiary/aromatic N) is 4. The highest BCUT2D eigenvalue weighted by molar-refractivity contribution is 5.98. The maximum absolute atomic E-state index is 15.6. The number of carboxylic acids is 1. The average Bonchev–Trinajstić information content (AvgIpc) is 3.02. The SMILES string of the molecule is CC(=O)NCCCC[C@H](NC(C)=O)C(=O)Nc1ccc(N2CCN(c3c(F)cc4c(=O)c(C(=O)O)cn5c4c3OCN5C)CC2)c(F)c1. The lowest BCUT2D eigenvalue weighted by Crippen LogP contribution is -2.48. The molecule has 0 aliphatic carbocycles. The van der Waals surface area contributed by atoms with Gasteiger partial charge < -0.3 is 35.6 Å². The van der Waals surface area contributed by atoms with Crippen molar-refractivity contribution < 1.29 is 37.8 Å². The third-order valence-corrected chi connectivity index (χ3v) is 8.29. The molecule has 16 heteroatoms. The van der Waals surface area contributed by atoms with Crippen LogP contribution in [0.3, 0.4) is 0 Å². The molecule has 48 heavy (non-hydrogen) atoms. The number of carbonyl (C=O) groups excluding carboxylic acids is 3. The van der Waals surface area contributed by atoms with E-state index in [0.717, 1.165) is 6.07 Å². The second-order valence-corrected chi connectivity index (χ2v) is 11.7. The third kappa shape index (κ3) is 7.11. The van der Waals surface area contributed by atoms with Crippen LogP contribution in [0.5, 0.6) is 5.75 Å². The number of benzene rings is 2. The Morgan fingerprint density at radius 3 is 2.33 bits per heavy atom. The summed E-state index contributed by atoms with van der Waals surface area (Å²) in [5.41, 5.74) is -0.412. The quantitative estimate of drug-likeness (QED) is 0.222. The fourth-order valence-corrected chi connectivity index (χ4v) is 5.96. The summed E-state index contributed by atoms with van der Waals surface area (Å²) >= 11 is 0. The molecule has 2 aromatic carbocycles. The highest BCUT2D eigenvalue weighted by Crippen LogP contribution is 2.40. The molecule has 0 spiro atoms. The van der Waals surface area contributed by atoms with E-state index in [1.807, 2.05) is 0 Å². The molecular formula is C32H37F2N7O7. The second kappa shape index (κ2) is 14.1. The molecule has 0 bridgehead atoms. The number of unbranched alkanes of at least 4 members (excludes halogenated alkanes) is 1. The van der Waals surface area contributed by atoms with Crippen molar-refractivity contribution in [3.05, 3.63) is 57.9 Å². The third-order valence-electron chi connectivity index (χ3n) is 8.29. The van der Waals surface area contributed by atoms with Gasteiger partial charge in [-0.2, -0.15) is 0 Å². The molecule has 4 N–H and O–H groups in total. The van der Waals surface area contributed by atoms with Gasteiger partial charge in [0.2, 0.25) is 23.2 Å². The van der Waals surface area contributed by atoms with Gasteiger partial charge in [0.25, 0.3) is 0 Å². The Labute approximate surface area is 274 Å². The Balaban J connectivity index is 1.27. The van der Waals surface area contributed by atoms with Gasteiger partial charge >= 0.3 is 5.97 Å². The summed E-state index contributed by atoms with van der Waals surface area (Å²) < 4.78 is 38.4. The lowest BCUT2D eigenvalue weighted by atomic mass is 10.1. The predicted octanol–water partition coefficient (Wildman–Crippen LogP) is 1.97. The highest BCUT2D eigenvalue weighted by atomic mass is 19.1. The number of carbonyl (C=O) groups is 4. The van der Waals surface area contributed by atoms with E-state index in [-0.39, 0.29) is 65.3 Å².